The lowest BCUT2D eigenvalue weighted by Crippen LogP contribution is -1.72. The Labute approximate surface area is 88.6 Å². The molecule has 0 spiro atoms. The fraction of sp³-hybridized carbons (Fsp3) is 0. The van der Waals surface area contributed by atoms with Crippen LogP contribution in [0.4, 0.5) is 0 Å². The van der Waals surface area contributed by atoms with Crippen LogP contribution in [-0.4, -0.2) is 4.98 Å². The maximum absolute atomic E-state index is 5.12. The predicted molar refractivity (Wildman–Crippen MR) is 62.0 cm³/mol. The molecule has 2 aromatic rings. The van der Waals surface area contributed by atoms with Crippen molar-refractivity contribution in [3.05, 3.63) is 60.3 Å². The van der Waals surface area contributed by atoms with Crippen LogP contribution in [0.1, 0.15) is 17.1 Å². The molecule has 0 N–H and O–H groups in total. The second-order valence-electron chi connectivity index (χ2n) is 3.06. The molecule has 0 saturated carbocycles. The van der Waals surface area contributed by atoms with E-state index in [1.54, 1.807) is 12.3 Å². The molecular weight excluding hydrogens is 186 g/mol. The van der Waals surface area contributed by atoms with Crippen molar-refractivity contribution in [2.75, 3.05) is 0 Å². The van der Waals surface area contributed by atoms with E-state index in [0.717, 1.165) is 11.3 Å². The van der Waals surface area contributed by atoms with Gasteiger partial charge in [0.25, 0.3) is 0 Å². The second-order valence-corrected chi connectivity index (χ2v) is 3.06. The van der Waals surface area contributed by atoms with Gasteiger partial charge in [-0.15, -0.1) is 0 Å². The first-order valence-corrected chi connectivity index (χ1v) is 4.69. The van der Waals surface area contributed by atoms with Crippen LogP contribution in [0.25, 0.3) is 18.2 Å². The summed E-state index contributed by atoms with van der Waals surface area (Å²) in [4.78, 5) is 4.17. The van der Waals surface area contributed by atoms with Crippen molar-refractivity contribution in [1.29, 1.82) is 0 Å². The number of aromatic nitrogens is 1. The molecule has 2 nitrogen and oxygen atoms in total. The number of oxazole rings is 1. The van der Waals surface area contributed by atoms with Crippen LogP contribution in [-0.2, 0) is 0 Å². The Kier molecular flexibility index (Phi) is 2.79. The van der Waals surface area contributed by atoms with Crippen molar-refractivity contribution in [3.8, 4) is 0 Å². The molecule has 1 aromatic heterocycles. The summed E-state index contributed by atoms with van der Waals surface area (Å²) >= 11 is 0. The van der Waals surface area contributed by atoms with Gasteiger partial charge in [-0.25, -0.2) is 4.98 Å². The van der Waals surface area contributed by atoms with Crippen LogP contribution in [0, 0.1) is 0 Å². The van der Waals surface area contributed by atoms with E-state index in [2.05, 4.69) is 11.6 Å². The minimum atomic E-state index is 0.544. The number of rotatable bonds is 3. The number of hydrogen-bond acceptors (Lipinski definition) is 2. The molecule has 15 heavy (non-hydrogen) atoms. The minimum Gasteiger partial charge on any atom is -0.444 e. The van der Waals surface area contributed by atoms with Crippen LogP contribution >= 0.6 is 0 Å². The van der Waals surface area contributed by atoms with Gasteiger partial charge in [0.05, 0.1) is 0 Å². The third-order valence-electron chi connectivity index (χ3n) is 1.96. The highest BCUT2D eigenvalue weighted by molar-refractivity contribution is 5.67. The zero-order valence-corrected chi connectivity index (χ0v) is 8.26. The van der Waals surface area contributed by atoms with E-state index in [0.29, 0.717) is 5.89 Å². The Morgan fingerprint density at radius 2 is 1.93 bits per heavy atom. The summed E-state index contributed by atoms with van der Waals surface area (Å²) in [7, 11) is 0. The zero-order chi connectivity index (χ0) is 10.5. The minimum absolute atomic E-state index is 0.544. The largest absolute Gasteiger partial charge is 0.444 e. The Morgan fingerprint density at radius 1 is 1.13 bits per heavy atom. The van der Waals surface area contributed by atoms with Gasteiger partial charge in [0, 0.05) is 0 Å². The van der Waals surface area contributed by atoms with E-state index in [-0.39, 0.29) is 0 Å². The zero-order valence-electron chi connectivity index (χ0n) is 8.26. The average Bonchev–Trinajstić information content (AvgIpc) is 2.76. The fourth-order valence-corrected chi connectivity index (χ4v) is 1.22. The van der Waals surface area contributed by atoms with Crippen molar-refractivity contribution in [1.82, 2.24) is 4.98 Å². The summed E-state index contributed by atoms with van der Waals surface area (Å²) in [6, 6.07) is 10.1. The summed E-state index contributed by atoms with van der Waals surface area (Å²) in [6.07, 6.45) is 7.09. The maximum Gasteiger partial charge on any atom is 0.218 e. The Bertz CT molecular complexity index is 468. The first kappa shape index (κ1) is 9.46. The Balaban J connectivity index is 2.15. The van der Waals surface area contributed by atoms with Crippen molar-refractivity contribution in [2.45, 2.75) is 0 Å². The molecule has 0 aliphatic heterocycles. The van der Waals surface area contributed by atoms with Crippen LogP contribution in [0.5, 0.6) is 0 Å². The monoisotopic (exact) mass is 197 g/mol. The third kappa shape index (κ3) is 2.44. The molecule has 74 valence electrons. The molecular formula is C13H11NO. The fourth-order valence-electron chi connectivity index (χ4n) is 1.22. The predicted octanol–water partition coefficient (Wildman–Crippen LogP) is 3.49. The van der Waals surface area contributed by atoms with Gasteiger partial charge >= 0.3 is 0 Å². The average molecular weight is 197 g/mol. The summed E-state index contributed by atoms with van der Waals surface area (Å²) in [5.41, 5.74) is 1.94. The molecule has 1 heterocycles. The first-order chi connectivity index (χ1) is 7.38. The highest BCUT2D eigenvalue weighted by atomic mass is 16.3. The molecule has 0 unspecified atom stereocenters. The summed E-state index contributed by atoms with van der Waals surface area (Å²) in [6.45, 7) is 3.58. The molecule has 2 heteroatoms. The molecule has 0 bridgehead atoms. The smallest absolute Gasteiger partial charge is 0.218 e. The quantitative estimate of drug-likeness (QED) is 0.752. The van der Waals surface area contributed by atoms with Crippen molar-refractivity contribution >= 4 is 18.2 Å². The molecule has 0 atom stereocenters. The van der Waals surface area contributed by atoms with Gasteiger partial charge in [-0.2, -0.15) is 0 Å². The molecule has 0 aliphatic rings. The molecule has 2 rings (SSSR count). The summed E-state index contributed by atoms with van der Waals surface area (Å²) in [5, 5.41) is 0. The van der Waals surface area contributed by atoms with Crippen molar-refractivity contribution in [2.24, 2.45) is 0 Å². The topological polar surface area (TPSA) is 26.0 Å². The first-order valence-electron chi connectivity index (χ1n) is 4.69. The van der Waals surface area contributed by atoms with Crippen molar-refractivity contribution < 1.29 is 4.42 Å². The van der Waals surface area contributed by atoms with Gasteiger partial charge in [-0.3, -0.25) is 0 Å². The molecule has 0 amide bonds. The van der Waals surface area contributed by atoms with E-state index in [1.807, 2.05) is 42.5 Å². The molecule has 0 aliphatic carbocycles. The van der Waals surface area contributed by atoms with Gasteiger partial charge < -0.3 is 4.42 Å². The van der Waals surface area contributed by atoms with E-state index in [9.17, 15) is 0 Å². The number of nitrogens with zero attached hydrogens (tertiary/aromatic N) is 1. The van der Waals surface area contributed by atoms with Crippen LogP contribution in [0.2, 0.25) is 0 Å². The number of hydrogen-bond donors (Lipinski definition) is 0. The highest BCUT2D eigenvalue weighted by Gasteiger charge is 1.95. The maximum atomic E-state index is 5.12. The van der Waals surface area contributed by atoms with Gasteiger partial charge in [0.1, 0.15) is 12.0 Å². The molecule has 0 fully saturated rings. The van der Waals surface area contributed by atoms with Gasteiger partial charge in [-0.1, -0.05) is 43.0 Å². The van der Waals surface area contributed by atoms with Gasteiger partial charge in [0.2, 0.25) is 5.89 Å². The Hall–Kier alpha value is -2.09. The molecule has 0 radical (unpaired) electrons. The van der Waals surface area contributed by atoms with E-state index in [4.69, 9.17) is 4.42 Å². The number of benzene rings is 1. The van der Waals surface area contributed by atoms with Gasteiger partial charge in [-0.05, 0) is 17.7 Å². The second kappa shape index (κ2) is 4.42. The normalized spacial score (nSPS) is 10.7. The van der Waals surface area contributed by atoms with Crippen LogP contribution in [0.3, 0.4) is 0 Å². The lowest BCUT2D eigenvalue weighted by Gasteiger charge is -1.88. The van der Waals surface area contributed by atoms with Crippen LogP contribution in [0.15, 0.2) is 47.6 Å². The highest BCUT2D eigenvalue weighted by Crippen LogP contribution is 2.08. The lowest BCUT2D eigenvalue weighted by atomic mass is 10.2. The Morgan fingerprint density at radius 3 is 2.60 bits per heavy atom. The molecule has 0 saturated heterocycles. The van der Waals surface area contributed by atoms with Crippen LogP contribution < -0.4 is 0 Å². The SMILES string of the molecule is C=Cc1nc(C=Cc2ccccc2)co1. The summed E-state index contributed by atoms with van der Waals surface area (Å²) < 4.78 is 5.12. The van der Waals surface area contributed by atoms with E-state index >= 15 is 0 Å². The standard InChI is InChI=1S/C13H11NO/c1-2-13-14-12(10-15-13)9-8-11-6-4-3-5-7-11/h2-10H,1H2. The van der Waals surface area contributed by atoms with E-state index < -0.39 is 0 Å². The molecule has 1 aromatic carbocycles. The lowest BCUT2D eigenvalue weighted by molar-refractivity contribution is 0.546. The van der Waals surface area contributed by atoms with E-state index in [1.165, 1.54) is 0 Å². The van der Waals surface area contributed by atoms with Crippen molar-refractivity contribution in [3.63, 3.8) is 0 Å². The van der Waals surface area contributed by atoms with Gasteiger partial charge in [0.15, 0.2) is 0 Å². The third-order valence-corrected chi connectivity index (χ3v) is 1.96. The summed E-state index contributed by atoms with van der Waals surface area (Å²) in [5.74, 6) is 0.544.